The predicted octanol–water partition coefficient (Wildman–Crippen LogP) is 0.753. The molecule has 0 aromatic rings. The van der Waals surface area contributed by atoms with E-state index in [0.717, 1.165) is 6.54 Å². The summed E-state index contributed by atoms with van der Waals surface area (Å²) in [7, 11) is 0. The quantitative estimate of drug-likeness (QED) is 0.610. The van der Waals surface area contributed by atoms with Crippen molar-refractivity contribution in [3.63, 3.8) is 0 Å². The minimum atomic E-state index is 0.220. The normalized spacial score (nSPS) is 19.6. The highest BCUT2D eigenvalue weighted by atomic mass is 16.3. The summed E-state index contributed by atoms with van der Waals surface area (Å²) in [5.74, 6) is 0. The van der Waals surface area contributed by atoms with Crippen molar-refractivity contribution in [3.05, 3.63) is 24.4 Å². The first-order valence-corrected chi connectivity index (χ1v) is 3.54. The average Bonchev–Trinajstić information content (AvgIpc) is 2.05. The fourth-order valence-corrected chi connectivity index (χ4v) is 0.914. The summed E-state index contributed by atoms with van der Waals surface area (Å²) in [4.78, 5) is 2.10. The third-order valence-electron chi connectivity index (χ3n) is 1.67. The summed E-state index contributed by atoms with van der Waals surface area (Å²) in [6, 6.07) is 0.237. The Morgan fingerprint density at radius 1 is 1.60 bits per heavy atom. The molecule has 0 amide bonds. The van der Waals surface area contributed by atoms with Crippen molar-refractivity contribution >= 4 is 0 Å². The molecule has 2 nitrogen and oxygen atoms in total. The van der Waals surface area contributed by atoms with Gasteiger partial charge in [-0.3, -0.25) is 0 Å². The van der Waals surface area contributed by atoms with Gasteiger partial charge in [-0.1, -0.05) is 12.2 Å². The van der Waals surface area contributed by atoms with Crippen LogP contribution in [0.15, 0.2) is 24.4 Å². The molecule has 1 N–H and O–H groups in total. The monoisotopic (exact) mass is 139 g/mol. The van der Waals surface area contributed by atoms with E-state index < -0.39 is 0 Å². The molecular weight excluding hydrogens is 126 g/mol. The predicted molar refractivity (Wildman–Crippen MR) is 41.5 cm³/mol. The lowest BCUT2D eigenvalue weighted by atomic mass is 10.2. The van der Waals surface area contributed by atoms with Crippen LogP contribution in [0.1, 0.15) is 6.92 Å². The molecule has 0 aromatic carbocycles. The van der Waals surface area contributed by atoms with Crippen LogP contribution < -0.4 is 0 Å². The maximum absolute atomic E-state index is 8.79. The van der Waals surface area contributed by atoms with Crippen LogP contribution >= 0.6 is 0 Å². The Hall–Kier alpha value is -0.760. The molecule has 1 aliphatic heterocycles. The summed E-state index contributed by atoms with van der Waals surface area (Å²) >= 11 is 0. The third kappa shape index (κ3) is 1.61. The number of nitrogens with zero attached hydrogens (tertiary/aromatic N) is 1. The first kappa shape index (κ1) is 7.35. The van der Waals surface area contributed by atoms with Crippen LogP contribution in [-0.2, 0) is 0 Å². The van der Waals surface area contributed by atoms with E-state index in [9.17, 15) is 0 Å². The van der Waals surface area contributed by atoms with Crippen LogP contribution in [0.3, 0.4) is 0 Å². The van der Waals surface area contributed by atoms with Gasteiger partial charge in [0.25, 0.3) is 0 Å². The van der Waals surface area contributed by atoms with E-state index in [1.165, 1.54) is 0 Å². The Kier molecular flexibility index (Phi) is 2.51. The van der Waals surface area contributed by atoms with Crippen molar-refractivity contribution in [1.29, 1.82) is 0 Å². The summed E-state index contributed by atoms with van der Waals surface area (Å²) in [5, 5.41) is 8.79. The van der Waals surface area contributed by atoms with Crippen LogP contribution in [0.25, 0.3) is 0 Å². The number of rotatable bonds is 2. The van der Waals surface area contributed by atoms with Crippen LogP contribution in [0.5, 0.6) is 0 Å². The Balaban J connectivity index is 2.42. The number of aliphatic hydroxyl groups excluding tert-OH is 1. The van der Waals surface area contributed by atoms with Gasteiger partial charge in [0, 0.05) is 12.6 Å². The van der Waals surface area contributed by atoms with Gasteiger partial charge in [0.05, 0.1) is 6.61 Å². The maximum Gasteiger partial charge on any atom is 0.0632 e. The molecule has 0 unspecified atom stereocenters. The van der Waals surface area contributed by atoms with Crippen molar-refractivity contribution in [1.82, 2.24) is 4.90 Å². The van der Waals surface area contributed by atoms with Gasteiger partial charge in [-0.2, -0.15) is 0 Å². The van der Waals surface area contributed by atoms with E-state index >= 15 is 0 Å². The topological polar surface area (TPSA) is 23.5 Å². The van der Waals surface area contributed by atoms with Gasteiger partial charge in [0.15, 0.2) is 0 Å². The maximum atomic E-state index is 8.79. The second kappa shape index (κ2) is 3.42. The van der Waals surface area contributed by atoms with Gasteiger partial charge in [-0.15, -0.1) is 0 Å². The van der Waals surface area contributed by atoms with Crippen molar-refractivity contribution < 1.29 is 5.11 Å². The zero-order valence-corrected chi connectivity index (χ0v) is 6.20. The molecule has 1 heterocycles. The summed E-state index contributed by atoms with van der Waals surface area (Å²) < 4.78 is 0. The summed E-state index contributed by atoms with van der Waals surface area (Å²) in [5.41, 5.74) is 0. The third-order valence-corrected chi connectivity index (χ3v) is 1.67. The molecule has 1 atom stereocenters. The lowest BCUT2D eigenvalue weighted by molar-refractivity contribution is 0.185. The Bertz CT molecular complexity index is 151. The van der Waals surface area contributed by atoms with Gasteiger partial charge in [0.2, 0.25) is 0 Å². The molecule has 10 heavy (non-hydrogen) atoms. The Labute approximate surface area is 61.5 Å². The number of hydrogen-bond acceptors (Lipinski definition) is 2. The first-order valence-electron chi connectivity index (χ1n) is 3.54. The smallest absolute Gasteiger partial charge is 0.0632 e. The first-order chi connectivity index (χ1) is 4.84. The summed E-state index contributed by atoms with van der Waals surface area (Å²) in [6.07, 6.45) is 8.07. The van der Waals surface area contributed by atoms with Gasteiger partial charge < -0.3 is 10.0 Å². The van der Waals surface area contributed by atoms with Crippen molar-refractivity contribution in [2.75, 3.05) is 13.2 Å². The zero-order chi connectivity index (χ0) is 7.40. The molecule has 0 fully saturated rings. The van der Waals surface area contributed by atoms with Gasteiger partial charge >= 0.3 is 0 Å². The fraction of sp³-hybridized carbons (Fsp3) is 0.500. The molecule has 0 saturated carbocycles. The van der Waals surface area contributed by atoms with Crippen LogP contribution in [0.4, 0.5) is 0 Å². The molecule has 0 saturated heterocycles. The van der Waals surface area contributed by atoms with E-state index in [1.807, 2.05) is 25.3 Å². The molecule has 1 aliphatic rings. The Morgan fingerprint density at radius 2 is 2.40 bits per heavy atom. The minimum absolute atomic E-state index is 0.220. The van der Waals surface area contributed by atoms with Crippen LogP contribution in [-0.4, -0.2) is 29.2 Å². The highest BCUT2D eigenvalue weighted by molar-refractivity contribution is 5.09. The molecular formula is C8H13NO. The zero-order valence-electron chi connectivity index (χ0n) is 6.20. The van der Waals surface area contributed by atoms with Gasteiger partial charge in [-0.05, 0) is 19.2 Å². The number of hydrogen-bond donors (Lipinski definition) is 1. The van der Waals surface area contributed by atoms with E-state index in [2.05, 4.69) is 11.0 Å². The highest BCUT2D eigenvalue weighted by Crippen LogP contribution is 2.03. The molecule has 56 valence electrons. The SMILES string of the molecule is C[C@@H](CO)N1C=CC=CC1. The van der Waals surface area contributed by atoms with E-state index in [1.54, 1.807) is 0 Å². The number of aliphatic hydroxyl groups is 1. The molecule has 0 radical (unpaired) electrons. The van der Waals surface area contributed by atoms with Crippen molar-refractivity contribution in [2.45, 2.75) is 13.0 Å². The van der Waals surface area contributed by atoms with Crippen LogP contribution in [0.2, 0.25) is 0 Å². The van der Waals surface area contributed by atoms with Crippen LogP contribution in [0, 0.1) is 0 Å². The lowest BCUT2D eigenvalue weighted by Crippen LogP contribution is -2.31. The molecule has 1 rings (SSSR count). The molecule has 0 aliphatic carbocycles. The Morgan fingerprint density at radius 3 is 2.90 bits per heavy atom. The molecule has 0 spiro atoms. The van der Waals surface area contributed by atoms with Gasteiger partial charge in [-0.25, -0.2) is 0 Å². The van der Waals surface area contributed by atoms with E-state index in [0.29, 0.717) is 0 Å². The molecule has 0 aromatic heterocycles. The molecule has 2 heteroatoms. The van der Waals surface area contributed by atoms with Gasteiger partial charge in [0.1, 0.15) is 0 Å². The number of allylic oxidation sites excluding steroid dienone is 2. The van der Waals surface area contributed by atoms with E-state index in [4.69, 9.17) is 5.11 Å². The largest absolute Gasteiger partial charge is 0.394 e. The average molecular weight is 139 g/mol. The fourth-order valence-electron chi connectivity index (χ4n) is 0.914. The molecule has 0 bridgehead atoms. The van der Waals surface area contributed by atoms with E-state index in [-0.39, 0.29) is 12.6 Å². The van der Waals surface area contributed by atoms with Crippen molar-refractivity contribution in [2.24, 2.45) is 0 Å². The second-order valence-electron chi connectivity index (χ2n) is 2.50. The summed E-state index contributed by atoms with van der Waals surface area (Å²) in [6.45, 7) is 3.14. The highest BCUT2D eigenvalue weighted by Gasteiger charge is 2.06. The standard InChI is InChI=1S/C8H13NO/c1-8(7-10)9-5-3-2-4-6-9/h2-5,8,10H,6-7H2,1H3/t8-/m0/s1. The minimum Gasteiger partial charge on any atom is -0.394 e. The van der Waals surface area contributed by atoms with Crippen molar-refractivity contribution in [3.8, 4) is 0 Å². The lowest BCUT2D eigenvalue weighted by Gasteiger charge is -2.26. The second-order valence-corrected chi connectivity index (χ2v) is 2.50.